The van der Waals surface area contributed by atoms with Gasteiger partial charge in [-0.1, -0.05) is 92.7 Å². The highest BCUT2D eigenvalue weighted by molar-refractivity contribution is 5.76. The zero-order chi connectivity index (χ0) is 23.8. The zero-order valence-corrected chi connectivity index (χ0v) is 21.6. The van der Waals surface area contributed by atoms with Gasteiger partial charge < -0.3 is 9.84 Å². The van der Waals surface area contributed by atoms with Gasteiger partial charge in [0.15, 0.2) is 0 Å². The molecule has 0 radical (unpaired) electrons. The lowest BCUT2D eigenvalue weighted by molar-refractivity contribution is -0.132. The lowest BCUT2D eigenvalue weighted by Crippen LogP contribution is -2.22. The van der Waals surface area contributed by atoms with E-state index in [-0.39, 0.29) is 22.5 Å². The summed E-state index contributed by atoms with van der Waals surface area (Å²) in [5, 5.41) is 11.2. The van der Waals surface area contributed by atoms with Crippen LogP contribution in [0.5, 0.6) is 11.5 Å². The van der Waals surface area contributed by atoms with Crippen LogP contribution in [0.3, 0.4) is 0 Å². The van der Waals surface area contributed by atoms with Gasteiger partial charge in [0.05, 0.1) is 0 Å². The van der Waals surface area contributed by atoms with Crippen LogP contribution in [0.4, 0.5) is 0 Å². The molecule has 1 N–H and O–H groups in total. The van der Waals surface area contributed by atoms with Crippen LogP contribution in [0.25, 0.3) is 6.08 Å². The van der Waals surface area contributed by atoms with Crippen molar-refractivity contribution < 1.29 is 14.6 Å². The maximum atomic E-state index is 12.0. The average Bonchev–Trinajstić information content (AvgIpc) is 2.61. The molecule has 1 aromatic rings. The quantitative estimate of drug-likeness (QED) is 0.230. The number of rotatable bonds is 10. The van der Waals surface area contributed by atoms with E-state index in [0.29, 0.717) is 5.75 Å². The van der Waals surface area contributed by atoms with Gasteiger partial charge >= 0.3 is 5.97 Å². The van der Waals surface area contributed by atoms with Crippen LogP contribution in [-0.4, -0.2) is 11.1 Å². The summed E-state index contributed by atoms with van der Waals surface area (Å²) in [6.07, 6.45) is 11.4. The molecule has 31 heavy (non-hydrogen) atoms. The Morgan fingerprint density at radius 3 is 1.84 bits per heavy atom. The van der Waals surface area contributed by atoms with Gasteiger partial charge in [-0.3, -0.25) is 4.79 Å². The number of allylic oxidation sites excluding steroid dienone is 1. The van der Waals surface area contributed by atoms with Crippen molar-refractivity contribution in [2.75, 3.05) is 0 Å². The van der Waals surface area contributed by atoms with Crippen molar-refractivity contribution in [3.8, 4) is 11.5 Å². The van der Waals surface area contributed by atoms with E-state index < -0.39 is 0 Å². The Kier molecular flexibility index (Phi) is 10.3. The highest BCUT2D eigenvalue weighted by Crippen LogP contribution is 2.46. The van der Waals surface area contributed by atoms with Crippen molar-refractivity contribution in [1.29, 1.82) is 0 Å². The van der Waals surface area contributed by atoms with Gasteiger partial charge in [0, 0.05) is 23.6 Å². The van der Waals surface area contributed by atoms with Gasteiger partial charge in [0.25, 0.3) is 0 Å². The van der Waals surface area contributed by atoms with E-state index in [2.05, 4.69) is 61.5 Å². The highest BCUT2D eigenvalue weighted by Gasteiger charge is 2.32. The Hall–Kier alpha value is -1.77. The third-order valence-electron chi connectivity index (χ3n) is 5.65. The number of hydrogen-bond donors (Lipinski definition) is 1. The lowest BCUT2D eigenvalue weighted by atomic mass is 9.76. The molecule has 0 amide bonds. The van der Waals surface area contributed by atoms with Crippen molar-refractivity contribution in [2.45, 2.75) is 125 Å². The third kappa shape index (κ3) is 8.35. The first-order chi connectivity index (χ1) is 14.3. The molecular formula is C28H46O3. The molecule has 0 aliphatic carbocycles. The fourth-order valence-corrected chi connectivity index (χ4v) is 4.04. The summed E-state index contributed by atoms with van der Waals surface area (Å²) in [5.74, 6) is 0.551. The number of aromatic hydroxyl groups is 1. The molecule has 0 heterocycles. The van der Waals surface area contributed by atoms with Crippen molar-refractivity contribution in [2.24, 2.45) is 0 Å². The summed E-state index contributed by atoms with van der Waals surface area (Å²) in [7, 11) is 0. The second-order valence-corrected chi connectivity index (χ2v) is 10.9. The second kappa shape index (κ2) is 11.7. The molecule has 0 aromatic heterocycles. The van der Waals surface area contributed by atoms with Crippen LogP contribution >= 0.6 is 0 Å². The number of hydrogen-bond acceptors (Lipinski definition) is 3. The molecule has 1 aromatic carbocycles. The van der Waals surface area contributed by atoms with Crippen LogP contribution in [0.15, 0.2) is 11.6 Å². The van der Waals surface area contributed by atoms with Crippen molar-refractivity contribution in [3.05, 3.63) is 28.3 Å². The molecular weight excluding hydrogens is 384 g/mol. The number of carbonyl (C=O) groups excluding carboxylic acids is 1. The van der Waals surface area contributed by atoms with Crippen molar-refractivity contribution in [3.63, 3.8) is 0 Å². The number of esters is 1. The smallest absolute Gasteiger partial charge is 0.308 e. The maximum Gasteiger partial charge on any atom is 0.308 e. The minimum atomic E-state index is -0.331. The van der Waals surface area contributed by atoms with Crippen LogP contribution in [0.2, 0.25) is 0 Å². The summed E-state index contributed by atoms with van der Waals surface area (Å²) in [6, 6.07) is 1.80. The van der Waals surface area contributed by atoms with E-state index in [0.717, 1.165) is 42.4 Å². The van der Waals surface area contributed by atoms with Crippen LogP contribution in [0.1, 0.15) is 130 Å². The molecule has 0 fully saturated rings. The van der Waals surface area contributed by atoms with E-state index in [1.807, 2.05) is 0 Å². The van der Waals surface area contributed by atoms with Gasteiger partial charge in [0.2, 0.25) is 0 Å². The van der Waals surface area contributed by atoms with Crippen molar-refractivity contribution >= 4 is 12.0 Å². The van der Waals surface area contributed by atoms with Crippen LogP contribution in [-0.2, 0) is 15.6 Å². The summed E-state index contributed by atoms with van der Waals surface area (Å²) in [5.41, 5.74) is 3.39. The highest BCUT2D eigenvalue weighted by atomic mass is 16.5. The summed E-state index contributed by atoms with van der Waals surface area (Å²) < 4.78 is 5.82. The topological polar surface area (TPSA) is 46.5 Å². The standard InChI is InChI=1S/C28H46O3/c1-10-12-14-16-21(17-15-13-11-2)18-22-24(30)19-23(27(4,5)6)26(31-20(3)29)25(22)28(7,8)9/h18-19,30H,10-17H2,1-9H3. The molecule has 3 nitrogen and oxygen atoms in total. The Balaban J connectivity index is 3.75. The number of phenolic OH excluding ortho intramolecular Hbond substituents is 1. The first-order valence-corrected chi connectivity index (χ1v) is 12.1. The van der Waals surface area contributed by atoms with Crippen molar-refractivity contribution in [1.82, 2.24) is 0 Å². The minimum Gasteiger partial charge on any atom is -0.507 e. The predicted molar refractivity (Wildman–Crippen MR) is 133 cm³/mol. The SMILES string of the molecule is CCCCCC(=Cc1c(O)cc(C(C)(C)C)c(OC(C)=O)c1C(C)(C)C)CCCCC. The van der Waals surface area contributed by atoms with Crippen LogP contribution in [0, 0.1) is 0 Å². The molecule has 0 saturated heterocycles. The molecule has 0 aliphatic heterocycles. The maximum absolute atomic E-state index is 12.0. The zero-order valence-electron chi connectivity index (χ0n) is 21.6. The van der Waals surface area contributed by atoms with Gasteiger partial charge in [-0.2, -0.15) is 0 Å². The first-order valence-electron chi connectivity index (χ1n) is 12.1. The Morgan fingerprint density at radius 1 is 0.935 bits per heavy atom. The molecule has 1 rings (SSSR count). The summed E-state index contributed by atoms with van der Waals surface area (Å²) in [6.45, 7) is 18.5. The Morgan fingerprint density at radius 2 is 1.45 bits per heavy atom. The lowest BCUT2D eigenvalue weighted by Gasteiger charge is -2.31. The van der Waals surface area contributed by atoms with Gasteiger partial charge in [-0.05, 0) is 42.6 Å². The predicted octanol–water partition coefficient (Wildman–Crippen LogP) is 8.46. The largest absolute Gasteiger partial charge is 0.507 e. The minimum absolute atomic E-state index is 0.268. The Labute approximate surface area is 191 Å². The Bertz CT molecular complexity index is 746. The molecule has 0 aliphatic rings. The second-order valence-electron chi connectivity index (χ2n) is 10.9. The molecule has 176 valence electrons. The van der Waals surface area contributed by atoms with Gasteiger partial charge in [-0.25, -0.2) is 0 Å². The molecule has 0 spiro atoms. The van der Waals surface area contributed by atoms with E-state index in [1.165, 1.54) is 38.2 Å². The number of carbonyl (C=O) groups is 1. The third-order valence-corrected chi connectivity index (χ3v) is 5.65. The molecule has 0 bridgehead atoms. The van der Waals surface area contributed by atoms with E-state index in [4.69, 9.17) is 4.74 Å². The molecule has 3 heteroatoms. The van der Waals surface area contributed by atoms with Gasteiger partial charge in [0.1, 0.15) is 11.5 Å². The van der Waals surface area contributed by atoms with Crippen LogP contribution < -0.4 is 4.74 Å². The average molecular weight is 431 g/mol. The summed E-state index contributed by atoms with van der Waals surface area (Å²) in [4.78, 5) is 12.0. The first kappa shape index (κ1) is 27.3. The van der Waals surface area contributed by atoms with E-state index in [9.17, 15) is 9.90 Å². The molecule has 0 saturated carbocycles. The van der Waals surface area contributed by atoms with E-state index in [1.54, 1.807) is 6.07 Å². The molecule has 0 atom stereocenters. The fourth-order valence-electron chi connectivity index (χ4n) is 4.04. The fraction of sp³-hybridized carbons (Fsp3) is 0.679. The number of benzene rings is 1. The summed E-state index contributed by atoms with van der Waals surface area (Å²) >= 11 is 0. The molecule has 0 unspecified atom stereocenters. The number of phenols is 1. The normalized spacial score (nSPS) is 12.0. The van der Waals surface area contributed by atoms with Gasteiger partial charge in [-0.15, -0.1) is 0 Å². The van der Waals surface area contributed by atoms with E-state index >= 15 is 0 Å². The monoisotopic (exact) mass is 430 g/mol. The number of unbranched alkanes of at least 4 members (excludes halogenated alkanes) is 4. The number of ether oxygens (including phenoxy) is 1.